The van der Waals surface area contributed by atoms with E-state index >= 15 is 0 Å². The molecule has 0 fully saturated rings. The predicted octanol–water partition coefficient (Wildman–Crippen LogP) is 10.8. The number of hydrogen-bond donors (Lipinski definition) is 0. The number of hydrogen-bond acceptors (Lipinski definition) is 2. The molecule has 3 heteroatoms. The Labute approximate surface area is 250 Å². The van der Waals surface area contributed by atoms with Gasteiger partial charge in [0.25, 0.3) is 0 Å². The van der Waals surface area contributed by atoms with Crippen LogP contribution in [0.25, 0.3) is 55.6 Å². The fraction of sp³-hybridized carbons (Fsp3) is 0.0526. The molecular formula is C38H29BrO2. The van der Waals surface area contributed by atoms with Crippen LogP contribution in [0.3, 0.4) is 0 Å². The van der Waals surface area contributed by atoms with Crippen molar-refractivity contribution < 1.29 is 9.47 Å². The van der Waals surface area contributed by atoms with E-state index in [2.05, 4.69) is 149 Å². The fourth-order valence-electron chi connectivity index (χ4n) is 5.51. The van der Waals surface area contributed by atoms with Gasteiger partial charge in [-0.3, -0.25) is 0 Å². The van der Waals surface area contributed by atoms with Crippen LogP contribution in [-0.4, -0.2) is 14.2 Å². The summed E-state index contributed by atoms with van der Waals surface area (Å²) in [5, 5.41) is 0. The summed E-state index contributed by atoms with van der Waals surface area (Å²) in [6.07, 6.45) is 0. The van der Waals surface area contributed by atoms with E-state index in [-0.39, 0.29) is 0 Å². The molecule has 0 aliphatic rings. The molecule has 0 aliphatic heterocycles. The molecular weight excluding hydrogens is 568 g/mol. The predicted molar refractivity (Wildman–Crippen MR) is 174 cm³/mol. The highest BCUT2D eigenvalue weighted by molar-refractivity contribution is 9.10. The van der Waals surface area contributed by atoms with Crippen LogP contribution in [0.5, 0.6) is 11.5 Å². The Morgan fingerprint density at radius 3 is 1.27 bits per heavy atom. The summed E-state index contributed by atoms with van der Waals surface area (Å²) in [6.45, 7) is 0. The summed E-state index contributed by atoms with van der Waals surface area (Å²) in [4.78, 5) is 0. The van der Waals surface area contributed by atoms with Crippen molar-refractivity contribution in [3.8, 4) is 67.1 Å². The first-order chi connectivity index (χ1) is 20.2. The molecule has 0 saturated heterocycles. The van der Waals surface area contributed by atoms with Crippen molar-refractivity contribution in [1.29, 1.82) is 0 Å². The molecule has 6 rings (SSSR count). The highest BCUT2D eigenvalue weighted by Crippen LogP contribution is 2.52. The lowest BCUT2D eigenvalue weighted by Crippen LogP contribution is -1.99. The first-order valence-corrected chi connectivity index (χ1v) is 14.3. The van der Waals surface area contributed by atoms with Crippen LogP contribution in [0.15, 0.2) is 144 Å². The lowest BCUT2D eigenvalue weighted by molar-refractivity contribution is 0.402. The summed E-state index contributed by atoms with van der Waals surface area (Å²) < 4.78 is 12.6. The van der Waals surface area contributed by atoms with E-state index in [4.69, 9.17) is 9.47 Å². The molecule has 0 radical (unpaired) electrons. The molecule has 0 aliphatic carbocycles. The van der Waals surface area contributed by atoms with E-state index in [1.54, 1.807) is 14.2 Å². The molecule has 0 atom stereocenters. The third-order valence-electron chi connectivity index (χ3n) is 7.36. The average Bonchev–Trinajstić information content (AvgIpc) is 3.05. The monoisotopic (exact) mass is 596 g/mol. The molecule has 0 heterocycles. The zero-order valence-electron chi connectivity index (χ0n) is 23.0. The van der Waals surface area contributed by atoms with E-state index in [0.29, 0.717) is 0 Å². The molecule has 0 spiro atoms. The van der Waals surface area contributed by atoms with Crippen LogP contribution < -0.4 is 9.47 Å². The van der Waals surface area contributed by atoms with E-state index in [1.807, 2.05) is 6.07 Å². The lowest BCUT2D eigenvalue weighted by Gasteiger charge is -2.25. The van der Waals surface area contributed by atoms with Gasteiger partial charge in [0.05, 0.1) is 18.7 Å². The van der Waals surface area contributed by atoms with Crippen molar-refractivity contribution in [2.24, 2.45) is 0 Å². The van der Waals surface area contributed by atoms with Gasteiger partial charge in [-0.1, -0.05) is 121 Å². The van der Waals surface area contributed by atoms with Gasteiger partial charge in [-0.15, -0.1) is 0 Å². The maximum atomic E-state index is 5.99. The Morgan fingerprint density at radius 2 is 0.805 bits per heavy atom. The maximum Gasteiger partial charge on any atom is 0.133 e. The Hall–Kier alpha value is -4.60. The van der Waals surface area contributed by atoms with E-state index in [0.717, 1.165) is 60.5 Å². The van der Waals surface area contributed by atoms with Gasteiger partial charge in [-0.25, -0.2) is 0 Å². The van der Waals surface area contributed by atoms with Crippen molar-refractivity contribution in [3.05, 3.63) is 144 Å². The van der Waals surface area contributed by atoms with Crippen molar-refractivity contribution in [2.75, 3.05) is 14.2 Å². The van der Waals surface area contributed by atoms with Gasteiger partial charge in [0.1, 0.15) is 11.5 Å². The summed E-state index contributed by atoms with van der Waals surface area (Å²) in [6, 6.07) is 49.0. The van der Waals surface area contributed by atoms with Crippen LogP contribution >= 0.6 is 15.9 Å². The minimum absolute atomic E-state index is 0.745. The Morgan fingerprint density at radius 1 is 0.390 bits per heavy atom. The Bertz CT molecular complexity index is 1780. The van der Waals surface area contributed by atoms with Crippen LogP contribution in [0.4, 0.5) is 0 Å². The normalized spacial score (nSPS) is 10.8. The molecule has 0 amide bonds. The minimum Gasteiger partial charge on any atom is -0.496 e. The fourth-order valence-corrected chi connectivity index (χ4v) is 6.00. The number of halogens is 1. The lowest BCUT2D eigenvalue weighted by atomic mass is 9.78. The number of methoxy groups -OCH3 is 2. The molecule has 0 unspecified atom stereocenters. The first-order valence-electron chi connectivity index (χ1n) is 13.5. The molecule has 200 valence electrons. The molecule has 6 aromatic rings. The van der Waals surface area contributed by atoms with Gasteiger partial charge in [0, 0.05) is 5.56 Å². The van der Waals surface area contributed by atoms with Crippen LogP contribution in [-0.2, 0) is 0 Å². The largest absolute Gasteiger partial charge is 0.496 e. The highest BCUT2D eigenvalue weighted by atomic mass is 79.9. The van der Waals surface area contributed by atoms with E-state index < -0.39 is 0 Å². The second-order valence-corrected chi connectivity index (χ2v) is 10.6. The van der Waals surface area contributed by atoms with Gasteiger partial charge >= 0.3 is 0 Å². The van der Waals surface area contributed by atoms with Crippen molar-refractivity contribution >= 4 is 15.9 Å². The summed E-state index contributed by atoms with van der Waals surface area (Å²) in [5.74, 6) is 1.51. The molecule has 0 saturated carbocycles. The van der Waals surface area contributed by atoms with Gasteiger partial charge in [-0.2, -0.15) is 0 Å². The van der Waals surface area contributed by atoms with Crippen LogP contribution in [0, 0.1) is 0 Å². The van der Waals surface area contributed by atoms with Crippen LogP contribution in [0.2, 0.25) is 0 Å². The minimum atomic E-state index is 0.745. The van der Waals surface area contributed by atoms with E-state index in [9.17, 15) is 0 Å². The number of benzene rings is 6. The van der Waals surface area contributed by atoms with Crippen molar-refractivity contribution in [2.45, 2.75) is 0 Å². The second kappa shape index (κ2) is 11.9. The van der Waals surface area contributed by atoms with Crippen molar-refractivity contribution in [1.82, 2.24) is 0 Å². The topological polar surface area (TPSA) is 18.5 Å². The molecule has 6 aromatic carbocycles. The molecule has 2 nitrogen and oxygen atoms in total. The quantitative estimate of drug-likeness (QED) is 0.182. The second-order valence-electron chi connectivity index (χ2n) is 9.75. The Kier molecular flexibility index (Phi) is 7.71. The standard InChI is InChI=1S/C38H29BrO2/c1-40-34-25-33(39)35(41-2)24-31(34)32-23-30(26-15-7-3-8-16-26)36(27-17-9-4-10-18-27)38(29-21-13-6-14-22-29)37(32)28-19-11-5-12-20-28/h3-25H,1-2H3. The smallest absolute Gasteiger partial charge is 0.133 e. The SMILES string of the molecule is COc1cc(-c2cc(-c3ccccc3)c(-c3ccccc3)c(-c3ccccc3)c2-c2ccccc2)c(OC)cc1Br. The first kappa shape index (κ1) is 26.6. The van der Waals surface area contributed by atoms with Gasteiger partial charge in [0.15, 0.2) is 0 Å². The molecule has 0 aromatic heterocycles. The highest BCUT2D eigenvalue weighted by Gasteiger charge is 2.25. The summed E-state index contributed by atoms with van der Waals surface area (Å²) in [7, 11) is 3.41. The summed E-state index contributed by atoms with van der Waals surface area (Å²) >= 11 is 3.66. The summed E-state index contributed by atoms with van der Waals surface area (Å²) in [5.41, 5.74) is 11.2. The van der Waals surface area contributed by atoms with Crippen LogP contribution in [0.1, 0.15) is 0 Å². The third-order valence-corrected chi connectivity index (χ3v) is 7.98. The van der Waals surface area contributed by atoms with Gasteiger partial charge < -0.3 is 9.47 Å². The van der Waals surface area contributed by atoms with E-state index in [1.165, 1.54) is 11.1 Å². The van der Waals surface area contributed by atoms with Crippen molar-refractivity contribution in [3.63, 3.8) is 0 Å². The zero-order valence-corrected chi connectivity index (χ0v) is 24.6. The molecule has 41 heavy (non-hydrogen) atoms. The zero-order chi connectivity index (χ0) is 28.2. The number of rotatable bonds is 7. The molecule has 0 bridgehead atoms. The third kappa shape index (κ3) is 5.17. The maximum absolute atomic E-state index is 5.99. The average molecular weight is 598 g/mol. The van der Waals surface area contributed by atoms with Gasteiger partial charge in [-0.05, 0) is 84.2 Å². The Balaban J connectivity index is 1.86. The molecule has 0 N–H and O–H groups in total. The number of ether oxygens (including phenoxy) is 2. The van der Waals surface area contributed by atoms with Gasteiger partial charge in [0.2, 0.25) is 0 Å².